The van der Waals surface area contributed by atoms with Crippen molar-refractivity contribution in [1.82, 2.24) is 10.2 Å². The Labute approximate surface area is 248 Å². The summed E-state index contributed by atoms with van der Waals surface area (Å²) in [5, 5.41) is 3.51. The van der Waals surface area contributed by atoms with E-state index in [1.807, 2.05) is 27.7 Å². The topological polar surface area (TPSA) is 96.0 Å². The standard InChI is InChI=1S/C31H38ClN3O5S/c1-6-23(4)33-31(37)27(7-2)34(20-24-14-16-25(32)17-15-24)30(36)21-35(28-10-8-9-11-29(28)40-5)41(38,39)26-18-12-22(3)13-19-26/h8-19,23,27H,6-7,20-21H2,1-5H3,(H,33,37)/t23-,27-/m0/s1. The Bertz CT molecular complexity index is 1430. The second kappa shape index (κ2) is 14.4. The molecule has 1 N–H and O–H groups in total. The molecule has 0 saturated heterocycles. The molecule has 10 heteroatoms. The number of methoxy groups -OCH3 is 1. The van der Waals surface area contributed by atoms with Crippen molar-refractivity contribution in [2.24, 2.45) is 0 Å². The normalized spacial score (nSPS) is 12.7. The van der Waals surface area contributed by atoms with Gasteiger partial charge in [0, 0.05) is 17.6 Å². The lowest BCUT2D eigenvalue weighted by Crippen LogP contribution is -2.53. The molecule has 3 aromatic carbocycles. The van der Waals surface area contributed by atoms with E-state index in [2.05, 4.69) is 5.32 Å². The molecule has 220 valence electrons. The SMILES string of the molecule is CC[C@H](C)NC(=O)[C@H](CC)N(Cc1ccc(Cl)cc1)C(=O)CN(c1ccccc1OC)S(=O)(=O)c1ccc(C)cc1. The summed E-state index contributed by atoms with van der Waals surface area (Å²) < 4.78 is 34.6. The quantitative estimate of drug-likeness (QED) is 0.277. The van der Waals surface area contributed by atoms with E-state index in [-0.39, 0.29) is 29.1 Å². The molecule has 0 radical (unpaired) electrons. The number of hydrogen-bond acceptors (Lipinski definition) is 5. The first-order valence-corrected chi connectivity index (χ1v) is 15.4. The molecule has 0 aliphatic carbocycles. The summed E-state index contributed by atoms with van der Waals surface area (Å²) >= 11 is 6.08. The predicted octanol–water partition coefficient (Wildman–Crippen LogP) is 5.57. The highest BCUT2D eigenvalue weighted by atomic mass is 35.5. The zero-order valence-corrected chi connectivity index (χ0v) is 25.7. The Hall–Kier alpha value is -3.56. The molecule has 0 fully saturated rings. The van der Waals surface area contributed by atoms with Gasteiger partial charge in [0.25, 0.3) is 10.0 Å². The van der Waals surface area contributed by atoms with Crippen molar-refractivity contribution in [3.63, 3.8) is 0 Å². The molecule has 0 aliphatic heterocycles. The first-order valence-electron chi connectivity index (χ1n) is 13.6. The van der Waals surface area contributed by atoms with Crippen LogP contribution in [0.1, 0.15) is 44.7 Å². The first kappa shape index (κ1) is 32.0. The minimum Gasteiger partial charge on any atom is -0.495 e. The molecule has 0 heterocycles. The van der Waals surface area contributed by atoms with Gasteiger partial charge in [0.05, 0.1) is 17.7 Å². The molecule has 0 bridgehead atoms. The van der Waals surface area contributed by atoms with Gasteiger partial charge in [-0.3, -0.25) is 13.9 Å². The van der Waals surface area contributed by atoms with Gasteiger partial charge in [-0.05, 0) is 68.7 Å². The third-order valence-electron chi connectivity index (χ3n) is 6.89. The van der Waals surface area contributed by atoms with Crippen molar-refractivity contribution < 1.29 is 22.7 Å². The van der Waals surface area contributed by atoms with Gasteiger partial charge in [-0.1, -0.05) is 67.4 Å². The van der Waals surface area contributed by atoms with Crippen LogP contribution < -0.4 is 14.4 Å². The highest BCUT2D eigenvalue weighted by molar-refractivity contribution is 7.92. The van der Waals surface area contributed by atoms with Crippen LogP contribution in [0.15, 0.2) is 77.7 Å². The second-order valence-corrected chi connectivity index (χ2v) is 12.2. The van der Waals surface area contributed by atoms with Crippen LogP contribution in [0.4, 0.5) is 5.69 Å². The van der Waals surface area contributed by atoms with Gasteiger partial charge < -0.3 is 15.0 Å². The average molecular weight is 600 g/mol. The highest BCUT2D eigenvalue weighted by Crippen LogP contribution is 2.32. The molecule has 41 heavy (non-hydrogen) atoms. The van der Waals surface area contributed by atoms with Crippen LogP contribution in [0.25, 0.3) is 0 Å². The van der Waals surface area contributed by atoms with Gasteiger partial charge in [0.15, 0.2) is 0 Å². The number of sulfonamides is 1. The van der Waals surface area contributed by atoms with Gasteiger partial charge in [-0.2, -0.15) is 0 Å². The largest absolute Gasteiger partial charge is 0.495 e. The summed E-state index contributed by atoms with van der Waals surface area (Å²) in [6.45, 7) is 7.09. The zero-order valence-electron chi connectivity index (χ0n) is 24.1. The maximum atomic E-state index is 14.2. The van der Waals surface area contributed by atoms with Crippen molar-refractivity contribution in [1.29, 1.82) is 0 Å². The minimum absolute atomic E-state index is 0.0348. The van der Waals surface area contributed by atoms with Crippen LogP contribution in [-0.4, -0.2) is 50.9 Å². The number of para-hydroxylation sites is 2. The second-order valence-electron chi connectivity index (χ2n) is 9.89. The lowest BCUT2D eigenvalue weighted by atomic mass is 10.1. The van der Waals surface area contributed by atoms with E-state index < -0.39 is 28.5 Å². The smallest absolute Gasteiger partial charge is 0.264 e. The molecule has 0 saturated carbocycles. The third-order valence-corrected chi connectivity index (χ3v) is 8.92. The number of benzene rings is 3. The molecular formula is C31H38ClN3O5S. The van der Waals surface area contributed by atoms with Gasteiger partial charge in [0.2, 0.25) is 11.8 Å². The maximum absolute atomic E-state index is 14.2. The molecule has 2 atom stereocenters. The number of nitrogens with one attached hydrogen (secondary N) is 1. The molecule has 0 aliphatic rings. The summed E-state index contributed by atoms with van der Waals surface area (Å²) in [6.07, 6.45) is 1.06. The third kappa shape index (κ3) is 8.01. The molecular weight excluding hydrogens is 562 g/mol. The first-order chi connectivity index (χ1) is 19.5. The molecule has 2 amide bonds. The van der Waals surface area contributed by atoms with Crippen LogP contribution in [0.3, 0.4) is 0 Å². The van der Waals surface area contributed by atoms with E-state index in [4.69, 9.17) is 16.3 Å². The lowest BCUT2D eigenvalue weighted by Gasteiger charge is -2.34. The number of hydrogen-bond donors (Lipinski definition) is 1. The van der Waals surface area contributed by atoms with Crippen LogP contribution in [-0.2, 0) is 26.2 Å². The summed E-state index contributed by atoms with van der Waals surface area (Å²) in [6, 6.07) is 19.1. The predicted molar refractivity (Wildman–Crippen MR) is 163 cm³/mol. The van der Waals surface area contributed by atoms with Crippen molar-refractivity contribution >= 4 is 39.1 Å². The molecule has 0 unspecified atom stereocenters. The summed E-state index contributed by atoms with van der Waals surface area (Å²) in [5.74, 6) is -0.538. The number of nitrogens with zero attached hydrogens (tertiary/aromatic N) is 2. The summed E-state index contributed by atoms with van der Waals surface area (Å²) in [5.41, 5.74) is 1.87. The summed E-state index contributed by atoms with van der Waals surface area (Å²) in [4.78, 5) is 29.0. The Morgan fingerprint density at radius 1 is 0.951 bits per heavy atom. The average Bonchev–Trinajstić information content (AvgIpc) is 2.96. The Balaban J connectivity index is 2.09. The fraction of sp³-hybridized carbons (Fsp3) is 0.355. The number of anilines is 1. The molecule has 0 aromatic heterocycles. The van der Waals surface area contributed by atoms with Crippen LogP contribution >= 0.6 is 11.6 Å². The van der Waals surface area contributed by atoms with Gasteiger partial charge in [-0.25, -0.2) is 8.42 Å². The van der Waals surface area contributed by atoms with Gasteiger partial charge in [0.1, 0.15) is 18.3 Å². The zero-order chi connectivity index (χ0) is 30.2. The molecule has 8 nitrogen and oxygen atoms in total. The van der Waals surface area contributed by atoms with Crippen molar-refractivity contribution in [2.75, 3.05) is 18.0 Å². The van der Waals surface area contributed by atoms with Gasteiger partial charge >= 0.3 is 0 Å². The number of carbonyl (C=O) groups is 2. The Morgan fingerprint density at radius 2 is 1.59 bits per heavy atom. The number of rotatable bonds is 13. The molecule has 0 spiro atoms. The maximum Gasteiger partial charge on any atom is 0.264 e. The highest BCUT2D eigenvalue weighted by Gasteiger charge is 2.35. The fourth-order valence-corrected chi connectivity index (χ4v) is 5.88. The monoisotopic (exact) mass is 599 g/mol. The van der Waals surface area contributed by atoms with Crippen LogP contribution in [0, 0.1) is 6.92 Å². The van der Waals surface area contributed by atoms with Crippen molar-refractivity contribution in [3.8, 4) is 5.75 Å². The summed E-state index contributed by atoms with van der Waals surface area (Å²) in [7, 11) is -2.76. The van der Waals surface area contributed by atoms with E-state index in [0.717, 1.165) is 21.9 Å². The van der Waals surface area contributed by atoms with E-state index in [1.54, 1.807) is 60.7 Å². The minimum atomic E-state index is -4.20. The van der Waals surface area contributed by atoms with Crippen molar-refractivity contribution in [3.05, 3.63) is 88.9 Å². The fourth-order valence-electron chi connectivity index (χ4n) is 4.33. The number of carbonyl (C=O) groups excluding carboxylic acids is 2. The van der Waals surface area contributed by atoms with E-state index in [9.17, 15) is 18.0 Å². The Morgan fingerprint density at radius 3 is 2.17 bits per heavy atom. The molecule has 3 rings (SSSR count). The number of halogens is 1. The number of ether oxygens (including phenoxy) is 1. The van der Waals surface area contributed by atoms with E-state index in [1.165, 1.54) is 24.1 Å². The molecule has 3 aromatic rings. The number of aryl methyl sites for hydroxylation is 1. The van der Waals surface area contributed by atoms with E-state index in [0.29, 0.717) is 17.2 Å². The van der Waals surface area contributed by atoms with Crippen LogP contribution in [0.2, 0.25) is 5.02 Å². The van der Waals surface area contributed by atoms with Crippen molar-refractivity contribution in [2.45, 2.75) is 64.1 Å². The Kier molecular flexibility index (Phi) is 11.2. The lowest BCUT2D eigenvalue weighted by molar-refractivity contribution is -0.140. The van der Waals surface area contributed by atoms with Crippen LogP contribution in [0.5, 0.6) is 5.75 Å². The van der Waals surface area contributed by atoms with E-state index >= 15 is 0 Å². The van der Waals surface area contributed by atoms with Gasteiger partial charge in [-0.15, -0.1) is 0 Å². The number of amides is 2.